The Balaban J connectivity index is 2.02. The highest BCUT2D eigenvalue weighted by atomic mass is 127. The van der Waals surface area contributed by atoms with Gasteiger partial charge in [0.15, 0.2) is 0 Å². The molecule has 2 aromatic heterocycles. The SMILES string of the molecule is O=c1c2ccnn2ccn1Cc1ccc(I)cc1. The van der Waals surface area contributed by atoms with Crippen LogP contribution in [0.2, 0.25) is 0 Å². The summed E-state index contributed by atoms with van der Waals surface area (Å²) in [5, 5.41) is 4.04. The van der Waals surface area contributed by atoms with E-state index in [2.05, 4.69) is 27.7 Å². The van der Waals surface area contributed by atoms with Crippen LogP contribution in [-0.4, -0.2) is 14.2 Å². The van der Waals surface area contributed by atoms with Crippen molar-refractivity contribution in [1.82, 2.24) is 14.2 Å². The van der Waals surface area contributed by atoms with Crippen molar-refractivity contribution in [3.63, 3.8) is 0 Å². The van der Waals surface area contributed by atoms with Gasteiger partial charge < -0.3 is 4.57 Å². The summed E-state index contributed by atoms with van der Waals surface area (Å²) in [6.07, 6.45) is 5.19. The molecule has 1 aromatic carbocycles. The second-order valence-electron chi connectivity index (χ2n) is 4.02. The van der Waals surface area contributed by atoms with Gasteiger partial charge in [-0.2, -0.15) is 5.10 Å². The lowest BCUT2D eigenvalue weighted by Gasteiger charge is -2.06. The highest BCUT2D eigenvalue weighted by Gasteiger charge is 2.03. The smallest absolute Gasteiger partial charge is 0.276 e. The number of aromatic nitrogens is 3. The Morgan fingerprint density at radius 1 is 1.11 bits per heavy atom. The van der Waals surface area contributed by atoms with Crippen molar-refractivity contribution in [2.24, 2.45) is 0 Å². The quantitative estimate of drug-likeness (QED) is 0.664. The molecule has 0 N–H and O–H groups in total. The molecule has 3 rings (SSSR count). The number of hydrogen-bond acceptors (Lipinski definition) is 2. The molecule has 0 bridgehead atoms. The molecule has 2 heterocycles. The molecule has 90 valence electrons. The van der Waals surface area contributed by atoms with Crippen LogP contribution in [0.5, 0.6) is 0 Å². The highest BCUT2D eigenvalue weighted by Crippen LogP contribution is 2.07. The van der Waals surface area contributed by atoms with Crippen molar-refractivity contribution in [2.45, 2.75) is 6.54 Å². The Labute approximate surface area is 117 Å². The van der Waals surface area contributed by atoms with Crippen LogP contribution >= 0.6 is 22.6 Å². The second-order valence-corrected chi connectivity index (χ2v) is 5.26. The van der Waals surface area contributed by atoms with Gasteiger partial charge in [-0.05, 0) is 46.4 Å². The minimum atomic E-state index is -0.0199. The number of rotatable bonds is 2. The Kier molecular flexibility index (Phi) is 2.91. The first-order valence-electron chi connectivity index (χ1n) is 5.51. The fourth-order valence-corrected chi connectivity index (χ4v) is 2.23. The van der Waals surface area contributed by atoms with E-state index < -0.39 is 0 Å². The molecule has 0 saturated carbocycles. The van der Waals surface area contributed by atoms with E-state index in [1.54, 1.807) is 33.7 Å². The normalized spacial score (nSPS) is 10.9. The monoisotopic (exact) mass is 351 g/mol. The summed E-state index contributed by atoms with van der Waals surface area (Å²) in [5.74, 6) is 0. The van der Waals surface area contributed by atoms with Crippen LogP contribution in [0.25, 0.3) is 5.52 Å². The van der Waals surface area contributed by atoms with Gasteiger partial charge >= 0.3 is 0 Å². The molecule has 0 aliphatic rings. The second kappa shape index (κ2) is 4.56. The van der Waals surface area contributed by atoms with Gasteiger partial charge in [0.2, 0.25) is 0 Å². The molecule has 0 saturated heterocycles. The minimum Gasteiger partial charge on any atom is -0.308 e. The maximum atomic E-state index is 12.2. The van der Waals surface area contributed by atoms with Crippen LogP contribution < -0.4 is 5.56 Å². The van der Waals surface area contributed by atoms with Gasteiger partial charge in [-0.3, -0.25) is 4.79 Å². The van der Waals surface area contributed by atoms with Crippen LogP contribution in [-0.2, 0) is 6.54 Å². The number of benzene rings is 1. The highest BCUT2D eigenvalue weighted by molar-refractivity contribution is 14.1. The van der Waals surface area contributed by atoms with E-state index in [9.17, 15) is 4.79 Å². The summed E-state index contributed by atoms with van der Waals surface area (Å²) in [7, 11) is 0. The first-order valence-corrected chi connectivity index (χ1v) is 6.59. The summed E-state index contributed by atoms with van der Waals surface area (Å²) in [6.45, 7) is 0.581. The van der Waals surface area contributed by atoms with E-state index in [4.69, 9.17) is 0 Å². The fourth-order valence-electron chi connectivity index (χ4n) is 1.87. The summed E-state index contributed by atoms with van der Waals surface area (Å²) in [6, 6.07) is 9.88. The number of halogens is 1. The first-order chi connectivity index (χ1) is 8.74. The molecule has 0 spiro atoms. The predicted octanol–water partition coefficient (Wildman–Crippen LogP) is 2.15. The molecule has 0 fully saturated rings. The molecule has 0 aliphatic carbocycles. The zero-order valence-corrected chi connectivity index (χ0v) is 11.6. The van der Waals surface area contributed by atoms with Crippen molar-refractivity contribution in [2.75, 3.05) is 0 Å². The Morgan fingerprint density at radius 2 is 1.89 bits per heavy atom. The molecule has 3 aromatic rings. The lowest BCUT2D eigenvalue weighted by atomic mass is 10.2. The van der Waals surface area contributed by atoms with E-state index in [0.29, 0.717) is 12.1 Å². The molecule has 0 aliphatic heterocycles. The Bertz CT molecular complexity index is 743. The van der Waals surface area contributed by atoms with Gasteiger partial charge in [0, 0.05) is 16.0 Å². The lowest BCUT2D eigenvalue weighted by Crippen LogP contribution is -2.21. The van der Waals surface area contributed by atoms with Crippen molar-refractivity contribution in [1.29, 1.82) is 0 Å². The van der Waals surface area contributed by atoms with E-state index >= 15 is 0 Å². The van der Waals surface area contributed by atoms with Crippen molar-refractivity contribution < 1.29 is 0 Å². The number of fused-ring (bicyclic) bond motifs is 1. The summed E-state index contributed by atoms with van der Waals surface area (Å²) >= 11 is 2.26. The number of nitrogens with zero attached hydrogens (tertiary/aromatic N) is 3. The average Bonchev–Trinajstić information content (AvgIpc) is 2.84. The third kappa shape index (κ3) is 2.05. The molecule has 0 amide bonds. The molecule has 4 nitrogen and oxygen atoms in total. The molecule has 0 radical (unpaired) electrons. The molecule has 18 heavy (non-hydrogen) atoms. The van der Waals surface area contributed by atoms with Gasteiger partial charge in [-0.25, -0.2) is 4.52 Å². The Hall–Kier alpha value is -1.63. The van der Waals surface area contributed by atoms with Gasteiger partial charge in [-0.1, -0.05) is 12.1 Å². The van der Waals surface area contributed by atoms with Crippen molar-refractivity contribution in [3.8, 4) is 0 Å². The van der Waals surface area contributed by atoms with Gasteiger partial charge in [-0.15, -0.1) is 0 Å². The first kappa shape index (κ1) is 11.5. The average molecular weight is 351 g/mol. The fraction of sp³-hybridized carbons (Fsp3) is 0.0769. The van der Waals surface area contributed by atoms with Crippen LogP contribution in [0, 0.1) is 3.57 Å². The van der Waals surface area contributed by atoms with Crippen molar-refractivity contribution in [3.05, 3.63) is 68.4 Å². The standard InChI is InChI=1S/C13H10IN3O/c14-11-3-1-10(2-4-11)9-16-7-8-17-12(13(16)18)5-6-15-17/h1-8H,9H2. The largest absolute Gasteiger partial charge is 0.308 e. The molecule has 0 unspecified atom stereocenters. The Morgan fingerprint density at radius 3 is 2.67 bits per heavy atom. The summed E-state index contributed by atoms with van der Waals surface area (Å²) < 4.78 is 4.47. The van der Waals surface area contributed by atoms with Gasteiger partial charge in [0.1, 0.15) is 5.52 Å². The lowest BCUT2D eigenvalue weighted by molar-refractivity contribution is 0.743. The third-order valence-electron chi connectivity index (χ3n) is 2.80. The van der Waals surface area contributed by atoms with E-state index in [1.165, 1.54) is 3.57 Å². The topological polar surface area (TPSA) is 39.3 Å². The van der Waals surface area contributed by atoms with Gasteiger partial charge in [0.05, 0.1) is 12.7 Å². The summed E-state index contributed by atoms with van der Waals surface area (Å²) in [5.41, 5.74) is 1.69. The molecular weight excluding hydrogens is 341 g/mol. The number of hydrogen-bond donors (Lipinski definition) is 0. The molecular formula is C13H10IN3O. The maximum Gasteiger partial charge on any atom is 0.276 e. The third-order valence-corrected chi connectivity index (χ3v) is 3.52. The van der Waals surface area contributed by atoms with E-state index in [-0.39, 0.29) is 5.56 Å². The van der Waals surface area contributed by atoms with Crippen molar-refractivity contribution >= 4 is 28.1 Å². The molecule has 0 atom stereocenters. The van der Waals surface area contributed by atoms with Crippen LogP contribution in [0.4, 0.5) is 0 Å². The molecule has 5 heteroatoms. The van der Waals surface area contributed by atoms with Crippen LogP contribution in [0.1, 0.15) is 5.56 Å². The van der Waals surface area contributed by atoms with Gasteiger partial charge in [0.25, 0.3) is 5.56 Å². The van der Waals surface area contributed by atoms with Crippen LogP contribution in [0.3, 0.4) is 0 Å². The summed E-state index contributed by atoms with van der Waals surface area (Å²) in [4.78, 5) is 12.2. The maximum absolute atomic E-state index is 12.2. The van der Waals surface area contributed by atoms with Crippen LogP contribution in [0.15, 0.2) is 53.7 Å². The van der Waals surface area contributed by atoms with E-state index in [1.807, 2.05) is 24.3 Å². The zero-order valence-electron chi connectivity index (χ0n) is 9.45. The zero-order chi connectivity index (χ0) is 12.5. The van der Waals surface area contributed by atoms with E-state index in [0.717, 1.165) is 5.56 Å². The predicted molar refractivity (Wildman–Crippen MR) is 77.7 cm³/mol. The minimum absolute atomic E-state index is 0.0199.